The second kappa shape index (κ2) is 5.37. The van der Waals surface area contributed by atoms with Gasteiger partial charge >= 0.3 is 0 Å². The minimum absolute atomic E-state index is 0.0420. The SMILES string of the molecule is Cc1ccc2c(c1)nc(C(C)Cl)n2C1CCCSC1. The molecular formula is C15H19ClN2S. The highest BCUT2D eigenvalue weighted by molar-refractivity contribution is 7.99. The number of thioether (sulfide) groups is 1. The number of hydrogen-bond donors (Lipinski definition) is 0. The van der Waals surface area contributed by atoms with E-state index in [9.17, 15) is 0 Å². The lowest BCUT2D eigenvalue weighted by Gasteiger charge is -2.25. The third-order valence-corrected chi connectivity index (χ3v) is 5.12. The fraction of sp³-hybridized carbons (Fsp3) is 0.533. The first-order chi connectivity index (χ1) is 9.16. The summed E-state index contributed by atoms with van der Waals surface area (Å²) in [4.78, 5) is 4.77. The van der Waals surface area contributed by atoms with Crippen LogP contribution in [-0.2, 0) is 0 Å². The molecule has 2 atom stereocenters. The maximum absolute atomic E-state index is 6.35. The molecule has 102 valence electrons. The molecule has 1 saturated heterocycles. The van der Waals surface area contributed by atoms with Crippen molar-refractivity contribution in [2.24, 2.45) is 0 Å². The maximum Gasteiger partial charge on any atom is 0.127 e. The summed E-state index contributed by atoms with van der Waals surface area (Å²) in [5.41, 5.74) is 3.57. The first-order valence-corrected chi connectivity index (χ1v) is 8.46. The third kappa shape index (κ3) is 2.50. The van der Waals surface area contributed by atoms with Crippen molar-refractivity contribution in [3.63, 3.8) is 0 Å². The normalized spacial score (nSPS) is 21.7. The molecule has 0 N–H and O–H groups in total. The van der Waals surface area contributed by atoms with Crippen molar-refractivity contribution in [2.45, 2.75) is 38.1 Å². The Hall–Kier alpha value is -0.670. The van der Waals surface area contributed by atoms with Crippen LogP contribution in [0.4, 0.5) is 0 Å². The zero-order valence-electron chi connectivity index (χ0n) is 11.4. The summed E-state index contributed by atoms with van der Waals surface area (Å²) in [6, 6.07) is 7.06. The van der Waals surface area contributed by atoms with Crippen molar-refractivity contribution in [2.75, 3.05) is 11.5 Å². The zero-order chi connectivity index (χ0) is 13.4. The number of aryl methyl sites for hydroxylation is 1. The van der Waals surface area contributed by atoms with E-state index < -0.39 is 0 Å². The molecule has 1 fully saturated rings. The second-order valence-electron chi connectivity index (χ2n) is 5.32. The Morgan fingerprint density at radius 2 is 2.32 bits per heavy atom. The van der Waals surface area contributed by atoms with Gasteiger partial charge in [-0.1, -0.05) is 6.07 Å². The molecule has 3 rings (SSSR count). The Morgan fingerprint density at radius 1 is 1.47 bits per heavy atom. The number of alkyl halides is 1. The fourth-order valence-electron chi connectivity index (χ4n) is 2.82. The Bertz CT molecular complexity index is 585. The molecule has 2 unspecified atom stereocenters. The molecule has 0 spiro atoms. The van der Waals surface area contributed by atoms with E-state index in [0.717, 1.165) is 11.3 Å². The summed E-state index contributed by atoms with van der Waals surface area (Å²) >= 11 is 8.39. The Kier molecular flexibility index (Phi) is 3.77. The van der Waals surface area contributed by atoms with Gasteiger partial charge in [-0.05, 0) is 50.1 Å². The Morgan fingerprint density at radius 3 is 3.00 bits per heavy atom. The predicted molar refractivity (Wildman–Crippen MR) is 84.3 cm³/mol. The number of halogens is 1. The van der Waals surface area contributed by atoms with Crippen LogP contribution < -0.4 is 0 Å². The summed E-state index contributed by atoms with van der Waals surface area (Å²) in [5, 5.41) is -0.0420. The molecule has 0 aliphatic carbocycles. The smallest absolute Gasteiger partial charge is 0.127 e. The number of imidazole rings is 1. The van der Waals surface area contributed by atoms with Crippen LogP contribution in [-0.4, -0.2) is 21.1 Å². The van der Waals surface area contributed by atoms with Gasteiger partial charge in [-0.2, -0.15) is 11.8 Å². The topological polar surface area (TPSA) is 17.8 Å². The lowest BCUT2D eigenvalue weighted by atomic mass is 10.1. The van der Waals surface area contributed by atoms with Crippen LogP contribution in [0.15, 0.2) is 18.2 Å². The zero-order valence-corrected chi connectivity index (χ0v) is 13.0. The van der Waals surface area contributed by atoms with Crippen LogP contribution in [0, 0.1) is 6.92 Å². The average Bonchev–Trinajstić information content (AvgIpc) is 2.78. The first kappa shape index (κ1) is 13.3. The van der Waals surface area contributed by atoms with Crippen molar-refractivity contribution >= 4 is 34.4 Å². The minimum Gasteiger partial charge on any atom is -0.323 e. The van der Waals surface area contributed by atoms with Crippen molar-refractivity contribution < 1.29 is 0 Å². The van der Waals surface area contributed by atoms with Crippen LogP contribution in [0.1, 0.15) is 42.6 Å². The molecule has 0 radical (unpaired) electrons. The monoisotopic (exact) mass is 294 g/mol. The lowest BCUT2D eigenvalue weighted by Crippen LogP contribution is -2.18. The van der Waals surface area contributed by atoms with Gasteiger partial charge in [0.25, 0.3) is 0 Å². The van der Waals surface area contributed by atoms with Gasteiger partial charge in [0.05, 0.1) is 16.4 Å². The summed E-state index contributed by atoms with van der Waals surface area (Å²) < 4.78 is 2.39. The molecule has 2 aromatic rings. The quantitative estimate of drug-likeness (QED) is 0.746. The minimum atomic E-state index is -0.0420. The van der Waals surface area contributed by atoms with Crippen LogP contribution in [0.3, 0.4) is 0 Å². The van der Waals surface area contributed by atoms with E-state index in [1.807, 2.05) is 18.7 Å². The maximum atomic E-state index is 6.35. The van der Waals surface area contributed by atoms with E-state index in [-0.39, 0.29) is 5.38 Å². The van der Waals surface area contributed by atoms with Gasteiger partial charge in [0.2, 0.25) is 0 Å². The largest absolute Gasteiger partial charge is 0.323 e. The van der Waals surface area contributed by atoms with Crippen LogP contribution in [0.5, 0.6) is 0 Å². The molecule has 0 amide bonds. The molecular weight excluding hydrogens is 276 g/mol. The van der Waals surface area contributed by atoms with Gasteiger partial charge in [-0.3, -0.25) is 0 Å². The number of fused-ring (bicyclic) bond motifs is 1. The summed E-state index contributed by atoms with van der Waals surface area (Å²) in [5.74, 6) is 3.49. The van der Waals surface area contributed by atoms with Crippen LogP contribution >= 0.6 is 23.4 Å². The molecule has 1 aliphatic heterocycles. The molecule has 2 heterocycles. The fourth-order valence-corrected chi connectivity index (χ4v) is 4.10. The van der Waals surface area contributed by atoms with E-state index in [4.69, 9.17) is 16.6 Å². The summed E-state index contributed by atoms with van der Waals surface area (Å²) in [6.45, 7) is 4.13. The van der Waals surface area contributed by atoms with Gasteiger partial charge in [0.1, 0.15) is 5.82 Å². The number of hydrogen-bond acceptors (Lipinski definition) is 2. The molecule has 19 heavy (non-hydrogen) atoms. The van der Waals surface area contributed by atoms with Crippen LogP contribution in [0.25, 0.3) is 11.0 Å². The van der Waals surface area contributed by atoms with Crippen molar-refractivity contribution in [3.8, 4) is 0 Å². The van der Waals surface area contributed by atoms with Gasteiger partial charge in [0, 0.05) is 11.8 Å². The van der Waals surface area contributed by atoms with E-state index in [0.29, 0.717) is 6.04 Å². The molecule has 0 bridgehead atoms. The van der Waals surface area contributed by atoms with E-state index in [1.54, 1.807) is 0 Å². The molecule has 1 aliphatic rings. The first-order valence-electron chi connectivity index (χ1n) is 6.87. The highest BCUT2D eigenvalue weighted by atomic mass is 35.5. The number of aromatic nitrogens is 2. The van der Waals surface area contributed by atoms with E-state index in [1.165, 1.54) is 35.4 Å². The predicted octanol–water partition coefficient (Wildman–Crippen LogP) is 4.71. The molecule has 1 aromatic heterocycles. The molecule has 4 heteroatoms. The number of benzene rings is 1. The Balaban J connectivity index is 2.15. The van der Waals surface area contributed by atoms with E-state index in [2.05, 4.69) is 29.7 Å². The van der Waals surface area contributed by atoms with Gasteiger partial charge in [-0.25, -0.2) is 4.98 Å². The third-order valence-electron chi connectivity index (χ3n) is 3.73. The second-order valence-corrected chi connectivity index (χ2v) is 7.12. The average molecular weight is 295 g/mol. The highest BCUT2D eigenvalue weighted by Gasteiger charge is 2.23. The lowest BCUT2D eigenvalue weighted by molar-refractivity contribution is 0.493. The van der Waals surface area contributed by atoms with Crippen molar-refractivity contribution in [1.82, 2.24) is 9.55 Å². The van der Waals surface area contributed by atoms with Gasteiger partial charge < -0.3 is 4.57 Å². The van der Waals surface area contributed by atoms with Crippen LogP contribution in [0.2, 0.25) is 0 Å². The van der Waals surface area contributed by atoms with Gasteiger partial charge in [0.15, 0.2) is 0 Å². The summed E-state index contributed by atoms with van der Waals surface area (Å²) in [6.07, 6.45) is 2.53. The standard InChI is InChI=1S/C15H19ClN2S/c1-10-5-6-14-13(8-10)17-15(11(2)16)18(14)12-4-3-7-19-9-12/h5-6,8,11-12H,3-4,7,9H2,1-2H3. The molecule has 0 saturated carbocycles. The molecule has 1 aromatic carbocycles. The van der Waals surface area contributed by atoms with Crippen molar-refractivity contribution in [3.05, 3.63) is 29.6 Å². The summed E-state index contributed by atoms with van der Waals surface area (Å²) in [7, 11) is 0. The van der Waals surface area contributed by atoms with Crippen molar-refractivity contribution in [1.29, 1.82) is 0 Å². The number of rotatable bonds is 2. The molecule has 2 nitrogen and oxygen atoms in total. The van der Waals surface area contributed by atoms with Gasteiger partial charge in [-0.15, -0.1) is 11.6 Å². The Labute approximate surface area is 123 Å². The highest BCUT2D eigenvalue weighted by Crippen LogP contribution is 2.34. The van der Waals surface area contributed by atoms with E-state index >= 15 is 0 Å². The number of nitrogens with zero attached hydrogens (tertiary/aromatic N) is 2.